The lowest BCUT2D eigenvalue weighted by Gasteiger charge is -2.44. The number of thioether (sulfide) groups is 1. The average molecular weight is 423 g/mol. The second-order valence-corrected chi connectivity index (χ2v) is 8.77. The minimum absolute atomic E-state index is 0.00916. The summed E-state index contributed by atoms with van der Waals surface area (Å²) in [7, 11) is 1.68. The molecule has 0 spiro atoms. The highest BCUT2D eigenvalue weighted by Gasteiger charge is 2.49. The van der Waals surface area contributed by atoms with Gasteiger partial charge in [-0.1, -0.05) is 13.3 Å². The zero-order valence-corrected chi connectivity index (χ0v) is 17.6. The fourth-order valence-electron chi connectivity index (χ4n) is 4.12. The normalized spacial score (nSPS) is 41.6. The van der Waals surface area contributed by atoms with Gasteiger partial charge in [0, 0.05) is 5.92 Å². The molecule has 0 bridgehead atoms. The van der Waals surface area contributed by atoms with E-state index in [1.54, 1.807) is 18.2 Å². The van der Waals surface area contributed by atoms with Crippen LogP contribution in [0.15, 0.2) is 0 Å². The van der Waals surface area contributed by atoms with Crippen molar-refractivity contribution in [3.63, 3.8) is 0 Å². The predicted octanol–water partition coefficient (Wildman–Crippen LogP) is -1.54. The van der Waals surface area contributed by atoms with Gasteiger partial charge in [0.05, 0.1) is 18.2 Å². The molecule has 6 N–H and O–H groups in total. The molecular weight excluding hydrogens is 388 g/mol. The molecule has 28 heavy (non-hydrogen) atoms. The Morgan fingerprint density at radius 2 is 1.89 bits per heavy atom. The quantitative estimate of drug-likeness (QED) is 0.288. The van der Waals surface area contributed by atoms with Gasteiger partial charge in [0.2, 0.25) is 5.91 Å². The second kappa shape index (κ2) is 10.0. The van der Waals surface area contributed by atoms with E-state index in [1.165, 1.54) is 6.92 Å². The monoisotopic (exact) mass is 422 g/mol. The van der Waals surface area contributed by atoms with Gasteiger partial charge in [-0.2, -0.15) is 0 Å². The first kappa shape index (κ1) is 23.8. The maximum atomic E-state index is 12.9. The van der Waals surface area contributed by atoms with Crippen LogP contribution in [-0.2, 0) is 9.53 Å². The Labute approximate surface area is 170 Å². The lowest BCUT2D eigenvalue weighted by Crippen LogP contribution is -2.65. The number of hydrogen-bond acceptors (Lipinski definition) is 9. The smallest absolute Gasteiger partial charge is 0.237 e. The van der Waals surface area contributed by atoms with Crippen molar-refractivity contribution >= 4 is 17.7 Å². The lowest BCUT2D eigenvalue weighted by molar-refractivity contribution is -0.211. The highest BCUT2D eigenvalue weighted by atomic mass is 32.2. The number of carbonyl (C=O) groups excluding carboxylic acids is 1. The van der Waals surface area contributed by atoms with E-state index in [0.29, 0.717) is 6.42 Å². The second-order valence-electron chi connectivity index (χ2n) is 7.83. The molecule has 164 valence electrons. The van der Waals surface area contributed by atoms with Gasteiger partial charge >= 0.3 is 0 Å². The van der Waals surface area contributed by atoms with E-state index in [1.807, 2.05) is 6.92 Å². The number of ether oxygens (including phenoxy) is 1. The number of aliphatic hydroxyl groups is 5. The Balaban J connectivity index is 2.13. The Morgan fingerprint density at radius 1 is 1.25 bits per heavy atom. The van der Waals surface area contributed by atoms with Crippen molar-refractivity contribution in [2.45, 2.75) is 87.4 Å². The maximum absolute atomic E-state index is 12.9. The van der Waals surface area contributed by atoms with Crippen LogP contribution in [-0.4, -0.2) is 104 Å². The van der Waals surface area contributed by atoms with E-state index in [2.05, 4.69) is 5.32 Å². The Kier molecular flexibility index (Phi) is 8.53. The minimum atomic E-state index is -1.47. The molecule has 1 unspecified atom stereocenters. The third kappa shape index (κ3) is 4.81. The summed E-state index contributed by atoms with van der Waals surface area (Å²) in [4.78, 5) is 14.5. The number of amides is 1. The summed E-state index contributed by atoms with van der Waals surface area (Å²) in [6.45, 7) is 3.48. The predicted molar refractivity (Wildman–Crippen MR) is 104 cm³/mol. The molecule has 0 radical (unpaired) electrons. The number of nitrogens with zero attached hydrogens (tertiary/aromatic N) is 1. The van der Waals surface area contributed by atoms with Crippen molar-refractivity contribution in [1.82, 2.24) is 10.2 Å². The van der Waals surface area contributed by atoms with E-state index in [9.17, 15) is 30.3 Å². The van der Waals surface area contributed by atoms with E-state index in [4.69, 9.17) is 4.74 Å². The number of aliphatic hydroxyl groups excluding tert-OH is 5. The number of carbonyl (C=O) groups is 1. The number of rotatable bonds is 7. The number of hydrogen-bond donors (Lipinski definition) is 6. The fraction of sp³-hybridized carbons (Fsp3) is 0.944. The average Bonchev–Trinajstić information content (AvgIpc) is 2.93. The molecular formula is C18H34N2O7S. The summed E-state index contributed by atoms with van der Waals surface area (Å²) in [5.74, 6) is -0.395. The van der Waals surface area contributed by atoms with Gasteiger partial charge in [0.25, 0.3) is 0 Å². The Hall–Kier alpha value is -0.460. The minimum Gasteiger partial charge on any atom is -0.391 e. The van der Waals surface area contributed by atoms with Crippen molar-refractivity contribution in [2.75, 3.05) is 13.3 Å². The standard InChI is InChI=1S/C18H34N2O7S/c1-5-6-9-7-10(20(3)17(9)26)16(25)19-11(8(2)21)15-13(23)12(22)14(24)18(27-15)28-4/h8-15,17-18,21-24,26H,5-7H2,1-4H3,(H,19,25)/t8-,9-,10+,11-,12+,13-,14-,15-,17?,18-/m1/s1. The van der Waals surface area contributed by atoms with Gasteiger partial charge in [-0.25, -0.2) is 0 Å². The zero-order chi connectivity index (χ0) is 21.2. The third-order valence-corrected chi connectivity index (χ3v) is 6.69. The molecule has 2 fully saturated rings. The molecule has 10 heteroatoms. The summed E-state index contributed by atoms with van der Waals surface area (Å²) in [6, 6.07) is -1.56. The number of nitrogens with one attached hydrogen (secondary N) is 1. The molecule has 2 rings (SSSR count). The molecule has 0 aliphatic carbocycles. The van der Waals surface area contributed by atoms with E-state index in [-0.39, 0.29) is 11.8 Å². The molecule has 0 aromatic rings. The highest BCUT2D eigenvalue weighted by molar-refractivity contribution is 7.99. The van der Waals surface area contributed by atoms with Crippen LogP contribution >= 0.6 is 11.8 Å². The summed E-state index contributed by atoms with van der Waals surface area (Å²) >= 11 is 1.16. The molecule has 9 nitrogen and oxygen atoms in total. The van der Waals surface area contributed by atoms with Crippen molar-refractivity contribution in [3.8, 4) is 0 Å². The summed E-state index contributed by atoms with van der Waals surface area (Å²) in [5, 5.41) is 53.8. The van der Waals surface area contributed by atoms with Crippen LogP contribution in [0.5, 0.6) is 0 Å². The van der Waals surface area contributed by atoms with Gasteiger partial charge in [0.1, 0.15) is 36.1 Å². The first-order valence-corrected chi connectivity index (χ1v) is 11.0. The van der Waals surface area contributed by atoms with Crippen molar-refractivity contribution in [2.24, 2.45) is 5.92 Å². The van der Waals surface area contributed by atoms with Gasteiger partial charge in [-0.15, -0.1) is 11.8 Å². The van der Waals surface area contributed by atoms with Crippen LogP contribution < -0.4 is 5.32 Å². The molecule has 2 aliphatic heterocycles. The van der Waals surface area contributed by atoms with Gasteiger partial charge in [0.15, 0.2) is 0 Å². The van der Waals surface area contributed by atoms with Crippen LogP contribution in [0.25, 0.3) is 0 Å². The van der Waals surface area contributed by atoms with Crippen molar-refractivity contribution in [1.29, 1.82) is 0 Å². The first-order chi connectivity index (χ1) is 13.1. The van der Waals surface area contributed by atoms with Crippen LogP contribution in [0, 0.1) is 5.92 Å². The van der Waals surface area contributed by atoms with Gasteiger partial charge in [-0.3, -0.25) is 9.69 Å². The highest BCUT2D eigenvalue weighted by Crippen LogP contribution is 2.32. The summed E-state index contributed by atoms with van der Waals surface area (Å²) in [6.07, 6.45) is -3.21. The summed E-state index contributed by atoms with van der Waals surface area (Å²) in [5.41, 5.74) is -0.800. The van der Waals surface area contributed by atoms with Crippen LogP contribution in [0.4, 0.5) is 0 Å². The van der Waals surface area contributed by atoms with Crippen LogP contribution in [0.1, 0.15) is 33.1 Å². The number of likely N-dealkylation sites (tertiary alicyclic amines) is 1. The summed E-state index contributed by atoms with van der Waals surface area (Å²) < 4.78 is 5.69. The van der Waals surface area contributed by atoms with E-state index >= 15 is 0 Å². The first-order valence-electron chi connectivity index (χ1n) is 9.74. The topological polar surface area (TPSA) is 143 Å². The van der Waals surface area contributed by atoms with E-state index < -0.39 is 54.3 Å². The zero-order valence-electron chi connectivity index (χ0n) is 16.8. The molecule has 0 saturated carbocycles. The molecule has 2 aliphatic rings. The fourth-order valence-corrected chi connectivity index (χ4v) is 4.80. The Bertz CT molecular complexity index is 524. The van der Waals surface area contributed by atoms with Gasteiger partial charge in [-0.05, 0) is 33.1 Å². The number of likely N-dealkylation sites (N-methyl/N-ethyl adjacent to an activating group) is 1. The van der Waals surface area contributed by atoms with Gasteiger partial charge < -0.3 is 35.6 Å². The third-order valence-electron chi connectivity index (χ3n) is 5.84. The SMILES string of the molecule is CCC[C@@H]1C[C@@H](C(=O)N[C@@H]([C@H]2O[C@H](SC)[C@H](O)[C@@H](O)[C@H]2O)[C@@H](C)O)N(C)C1O. The van der Waals surface area contributed by atoms with Crippen LogP contribution in [0.2, 0.25) is 0 Å². The molecule has 2 saturated heterocycles. The maximum Gasteiger partial charge on any atom is 0.237 e. The molecule has 1 amide bonds. The van der Waals surface area contributed by atoms with E-state index in [0.717, 1.165) is 24.6 Å². The lowest BCUT2D eigenvalue weighted by atomic mass is 9.92. The van der Waals surface area contributed by atoms with Crippen molar-refractivity contribution < 1.29 is 35.1 Å². The van der Waals surface area contributed by atoms with Crippen molar-refractivity contribution in [3.05, 3.63) is 0 Å². The molecule has 0 aromatic heterocycles. The van der Waals surface area contributed by atoms with Crippen LogP contribution in [0.3, 0.4) is 0 Å². The molecule has 0 aromatic carbocycles. The Morgan fingerprint density at radius 3 is 2.43 bits per heavy atom. The molecule has 2 heterocycles. The molecule has 10 atom stereocenters. The largest absolute Gasteiger partial charge is 0.391 e.